The zero-order chi connectivity index (χ0) is 10.7. The van der Waals surface area contributed by atoms with Crippen molar-refractivity contribution in [2.75, 3.05) is 25.0 Å². The van der Waals surface area contributed by atoms with E-state index in [-0.39, 0.29) is 0 Å². The monoisotopic (exact) mass is 224 g/mol. The van der Waals surface area contributed by atoms with Gasteiger partial charge >= 0.3 is 0 Å². The van der Waals surface area contributed by atoms with Crippen LogP contribution in [-0.2, 0) is 0 Å². The zero-order valence-electron chi connectivity index (χ0n) is 9.04. The molecular formula is C12H17ClN2. The second-order valence-corrected chi connectivity index (χ2v) is 4.43. The Balaban J connectivity index is 2.13. The van der Waals surface area contributed by atoms with E-state index in [4.69, 9.17) is 11.6 Å². The molecule has 82 valence electrons. The molecule has 1 aliphatic rings. The van der Waals surface area contributed by atoms with Gasteiger partial charge in [0, 0.05) is 19.1 Å². The first kappa shape index (κ1) is 10.8. The van der Waals surface area contributed by atoms with E-state index < -0.39 is 0 Å². The second kappa shape index (κ2) is 4.86. The molecule has 0 amide bonds. The lowest BCUT2D eigenvalue weighted by molar-refractivity contribution is 0.449. The highest BCUT2D eigenvalue weighted by atomic mass is 35.5. The van der Waals surface area contributed by atoms with Gasteiger partial charge in [0.05, 0.1) is 10.7 Å². The first-order chi connectivity index (χ1) is 7.31. The Bertz CT molecular complexity index is 327. The highest BCUT2D eigenvalue weighted by Crippen LogP contribution is 2.27. The van der Waals surface area contributed by atoms with Gasteiger partial charge in [0.1, 0.15) is 0 Å². The van der Waals surface area contributed by atoms with E-state index in [9.17, 15) is 0 Å². The number of rotatable bonds is 2. The highest BCUT2D eigenvalue weighted by molar-refractivity contribution is 6.33. The first-order valence-electron chi connectivity index (χ1n) is 5.48. The molecule has 1 aromatic rings. The van der Waals surface area contributed by atoms with Gasteiger partial charge in [-0.15, -0.1) is 0 Å². The normalized spacial score (nSPS) is 21.7. The number of halogens is 1. The van der Waals surface area contributed by atoms with Gasteiger partial charge in [0.15, 0.2) is 0 Å². The molecule has 0 aliphatic carbocycles. The maximum atomic E-state index is 6.19. The van der Waals surface area contributed by atoms with Crippen LogP contribution >= 0.6 is 11.6 Å². The van der Waals surface area contributed by atoms with Crippen molar-refractivity contribution < 1.29 is 0 Å². The molecule has 2 nitrogen and oxygen atoms in total. The minimum absolute atomic E-state index is 0.593. The van der Waals surface area contributed by atoms with Gasteiger partial charge in [-0.1, -0.05) is 23.7 Å². The van der Waals surface area contributed by atoms with Crippen LogP contribution in [0.15, 0.2) is 24.3 Å². The number of nitrogens with one attached hydrogen (secondary N) is 1. The Morgan fingerprint density at radius 3 is 2.93 bits per heavy atom. The average molecular weight is 225 g/mol. The van der Waals surface area contributed by atoms with Crippen LogP contribution in [0.4, 0.5) is 5.69 Å². The lowest BCUT2D eigenvalue weighted by atomic mass is 10.1. The third-order valence-electron chi connectivity index (χ3n) is 3.02. The summed E-state index contributed by atoms with van der Waals surface area (Å²) in [7, 11) is 2.03. The molecule has 1 atom stereocenters. The largest absolute Gasteiger partial charge is 0.369 e. The summed E-state index contributed by atoms with van der Waals surface area (Å²) >= 11 is 6.19. The van der Waals surface area contributed by atoms with E-state index in [2.05, 4.69) is 16.3 Å². The second-order valence-electron chi connectivity index (χ2n) is 4.03. The molecular weight excluding hydrogens is 208 g/mol. The van der Waals surface area contributed by atoms with Gasteiger partial charge in [0.25, 0.3) is 0 Å². The number of likely N-dealkylation sites (N-methyl/N-ethyl adjacent to an activating group) is 1. The molecule has 1 N–H and O–H groups in total. The summed E-state index contributed by atoms with van der Waals surface area (Å²) in [4.78, 5) is 2.37. The van der Waals surface area contributed by atoms with E-state index in [0.29, 0.717) is 6.04 Å². The van der Waals surface area contributed by atoms with Crippen LogP contribution in [0.25, 0.3) is 0 Å². The van der Waals surface area contributed by atoms with Crippen molar-refractivity contribution >= 4 is 17.3 Å². The van der Waals surface area contributed by atoms with Gasteiger partial charge in [0.2, 0.25) is 0 Å². The number of hydrogen-bond donors (Lipinski definition) is 1. The van der Waals surface area contributed by atoms with E-state index >= 15 is 0 Å². The fraction of sp³-hybridized carbons (Fsp3) is 0.500. The molecule has 1 unspecified atom stereocenters. The number of anilines is 1. The maximum absolute atomic E-state index is 6.19. The molecule has 0 radical (unpaired) electrons. The number of benzene rings is 1. The molecule has 3 heteroatoms. The van der Waals surface area contributed by atoms with Crippen molar-refractivity contribution in [1.82, 2.24) is 5.32 Å². The predicted molar refractivity (Wildman–Crippen MR) is 65.7 cm³/mol. The van der Waals surface area contributed by atoms with Crippen LogP contribution in [-0.4, -0.2) is 26.2 Å². The first-order valence-corrected chi connectivity index (χ1v) is 5.86. The summed E-state index contributed by atoms with van der Waals surface area (Å²) in [6.07, 6.45) is 2.49. The Labute approximate surface area is 96.2 Å². The quantitative estimate of drug-likeness (QED) is 0.831. The summed E-state index contributed by atoms with van der Waals surface area (Å²) in [5.41, 5.74) is 1.17. The summed E-state index contributed by atoms with van der Waals surface area (Å²) in [6.45, 7) is 2.17. The summed E-state index contributed by atoms with van der Waals surface area (Å²) in [5, 5.41) is 4.19. The number of hydrogen-bond acceptors (Lipinski definition) is 2. The Morgan fingerprint density at radius 1 is 1.40 bits per heavy atom. The van der Waals surface area contributed by atoms with Gasteiger partial charge in [-0.25, -0.2) is 0 Å². The fourth-order valence-corrected chi connectivity index (χ4v) is 2.40. The third kappa shape index (κ3) is 2.44. The molecule has 2 rings (SSSR count). The number of piperidine rings is 1. The van der Waals surface area contributed by atoms with Crippen molar-refractivity contribution in [1.29, 1.82) is 0 Å². The third-order valence-corrected chi connectivity index (χ3v) is 3.34. The van der Waals surface area contributed by atoms with Crippen LogP contribution in [0.5, 0.6) is 0 Å². The zero-order valence-corrected chi connectivity index (χ0v) is 9.80. The van der Waals surface area contributed by atoms with Crippen LogP contribution in [0, 0.1) is 0 Å². The number of nitrogens with zero attached hydrogens (tertiary/aromatic N) is 1. The lowest BCUT2D eigenvalue weighted by Crippen LogP contribution is -2.44. The molecule has 1 heterocycles. The molecule has 1 aromatic carbocycles. The molecule has 1 aliphatic heterocycles. The topological polar surface area (TPSA) is 15.3 Å². The Morgan fingerprint density at radius 2 is 2.20 bits per heavy atom. The average Bonchev–Trinajstić information content (AvgIpc) is 2.30. The lowest BCUT2D eigenvalue weighted by Gasteiger charge is -2.34. The van der Waals surface area contributed by atoms with Crippen molar-refractivity contribution in [2.45, 2.75) is 18.9 Å². The van der Waals surface area contributed by atoms with E-state index in [1.807, 2.05) is 25.2 Å². The SMILES string of the molecule is CNC1CCCN(c2ccccc2Cl)C1. The fourth-order valence-electron chi connectivity index (χ4n) is 2.14. The van der Waals surface area contributed by atoms with Crippen LogP contribution in [0.1, 0.15) is 12.8 Å². The Kier molecular flexibility index (Phi) is 3.49. The van der Waals surface area contributed by atoms with Crippen molar-refractivity contribution in [3.05, 3.63) is 29.3 Å². The molecule has 0 aromatic heterocycles. The maximum Gasteiger partial charge on any atom is 0.0639 e. The van der Waals surface area contributed by atoms with Gasteiger partial charge < -0.3 is 10.2 Å². The molecule has 0 saturated carbocycles. The molecule has 15 heavy (non-hydrogen) atoms. The van der Waals surface area contributed by atoms with Crippen molar-refractivity contribution in [3.63, 3.8) is 0 Å². The molecule has 1 fully saturated rings. The van der Waals surface area contributed by atoms with Crippen molar-refractivity contribution in [3.8, 4) is 0 Å². The van der Waals surface area contributed by atoms with Gasteiger partial charge in [-0.3, -0.25) is 0 Å². The molecule has 0 bridgehead atoms. The summed E-state index contributed by atoms with van der Waals surface area (Å²) in [6, 6.07) is 8.67. The van der Waals surface area contributed by atoms with E-state index in [1.165, 1.54) is 18.5 Å². The smallest absolute Gasteiger partial charge is 0.0639 e. The van der Waals surface area contributed by atoms with Crippen molar-refractivity contribution in [2.24, 2.45) is 0 Å². The van der Waals surface area contributed by atoms with Gasteiger partial charge in [-0.2, -0.15) is 0 Å². The Hall–Kier alpha value is -0.730. The van der Waals surface area contributed by atoms with Crippen LogP contribution < -0.4 is 10.2 Å². The molecule has 0 spiro atoms. The van der Waals surface area contributed by atoms with Gasteiger partial charge in [-0.05, 0) is 32.0 Å². The number of para-hydroxylation sites is 1. The minimum Gasteiger partial charge on any atom is -0.369 e. The highest BCUT2D eigenvalue weighted by Gasteiger charge is 2.19. The van der Waals surface area contributed by atoms with Crippen LogP contribution in [0.3, 0.4) is 0 Å². The van der Waals surface area contributed by atoms with E-state index in [1.54, 1.807) is 0 Å². The van der Waals surface area contributed by atoms with Crippen LogP contribution in [0.2, 0.25) is 5.02 Å². The summed E-state index contributed by atoms with van der Waals surface area (Å²) in [5.74, 6) is 0. The standard InChI is InChI=1S/C12H17ClN2/c1-14-10-5-4-8-15(9-10)12-7-3-2-6-11(12)13/h2-3,6-7,10,14H,4-5,8-9H2,1H3. The predicted octanol–water partition coefficient (Wildman–Crippen LogP) is 2.53. The summed E-state index contributed by atoms with van der Waals surface area (Å²) < 4.78 is 0. The molecule has 1 saturated heterocycles. The van der Waals surface area contributed by atoms with E-state index in [0.717, 1.165) is 18.1 Å². The minimum atomic E-state index is 0.593.